The number of pyridine rings is 1. The molecule has 1 aliphatic heterocycles. The van der Waals surface area contributed by atoms with Crippen molar-refractivity contribution < 1.29 is 23.8 Å². The lowest BCUT2D eigenvalue weighted by Gasteiger charge is -2.19. The summed E-state index contributed by atoms with van der Waals surface area (Å²) in [5.41, 5.74) is 0.0630. The van der Waals surface area contributed by atoms with E-state index in [9.17, 15) is 19.1 Å². The summed E-state index contributed by atoms with van der Waals surface area (Å²) in [5.74, 6) is -0.708. The molecule has 0 amide bonds. The zero-order valence-corrected chi connectivity index (χ0v) is 12.7. The second-order valence-electron chi connectivity index (χ2n) is 5.40. The molecule has 3 rings (SSSR count). The van der Waals surface area contributed by atoms with Gasteiger partial charge in [0.15, 0.2) is 6.29 Å². The SMILES string of the molecule is O=Cc1c(O)cccc1OC(=O)c1cccnc1N1CC[C@@H](F)C1. The van der Waals surface area contributed by atoms with Crippen LogP contribution < -0.4 is 9.64 Å². The first-order valence-corrected chi connectivity index (χ1v) is 7.43. The summed E-state index contributed by atoms with van der Waals surface area (Å²) >= 11 is 0. The molecule has 2 aromatic rings. The number of carbonyl (C=O) groups excluding carboxylic acids is 2. The molecule has 0 spiro atoms. The predicted octanol–water partition coefficient (Wildman–Crippen LogP) is 2.37. The van der Waals surface area contributed by atoms with Crippen molar-refractivity contribution in [1.82, 2.24) is 4.98 Å². The number of aldehydes is 1. The van der Waals surface area contributed by atoms with Crippen LogP contribution in [0.15, 0.2) is 36.5 Å². The van der Waals surface area contributed by atoms with Gasteiger partial charge in [-0.05, 0) is 30.7 Å². The lowest BCUT2D eigenvalue weighted by atomic mass is 10.2. The average Bonchev–Trinajstić information content (AvgIpc) is 3.01. The van der Waals surface area contributed by atoms with Crippen LogP contribution in [0.25, 0.3) is 0 Å². The van der Waals surface area contributed by atoms with Crippen molar-refractivity contribution in [2.45, 2.75) is 12.6 Å². The van der Waals surface area contributed by atoms with Crippen LogP contribution in [0.5, 0.6) is 11.5 Å². The number of anilines is 1. The van der Waals surface area contributed by atoms with E-state index in [-0.39, 0.29) is 29.2 Å². The molecule has 6 nitrogen and oxygen atoms in total. The number of aromatic hydroxyl groups is 1. The molecule has 1 N–H and O–H groups in total. The highest BCUT2D eigenvalue weighted by atomic mass is 19.1. The maximum Gasteiger partial charge on any atom is 0.347 e. The van der Waals surface area contributed by atoms with E-state index in [4.69, 9.17) is 4.74 Å². The fraction of sp³-hybridized carbons (Fsp3) is 0.235. The van der Waals surface area contributed by atoms with Gasteiger partial charge < -0.3 is 14.7 Å². The van der Waals surface area contributed by atoms with Gasteiger partial charge in [-0.1, -0.05) is 6.07 Å². The van der Waals surface area contributed by atoms with E-state index in [0.29, 0.717) is 25.1 Å². The topological polar surface area (TPSA) is 79.7 Å². The maximum atomic E-state index is 13.4. The zero-order chi connectivity index (χ0) is 17.1. The van der Waals surface area contributed by atoms with Gasteiger partial charge in [0, 0.05) is 12.7 Å². The molecule has 124 valence electrons. The van der Waals surface area contributed by atoms with Crippen molar-refractivity contribution in [2.24, 2.45) is 0 Å². The summed E-state index contributed by atoms with van der Waals surface area (Å²) in [4.78, 5) is 29.4. The van der Waals surface area contributed by atoms with Crippen LogP contribution >= 0.6 is 0 Å². The highest BCUT2D eigenvalue weighted by Gasteiger charge is 2.27. The number of alkyl halides is 1. The van der Waals surface area contributed by atoms with Gasteiger partial charge in [-0.25, -0.2) is 14.2 Å². The molecule has 1 aromatic heterocycles. The number of ether oxygens (including phenoxy) is 1. The number of nitrogens with zero attached hydrogens (tertiary/aromatic N) is 2. The first kappa shape index (κ1) is 15.9. The van der Waals surface area contributed by atoms with Crippen LogP contribution in [0.1, 0.15) is 27.1 Å². The van der Waals surface area contributed by atoms with Crippen LogP contribution in [0, 0.1) is 0 Å². The van der Waals surface area contributed by atoms with E-state index >= 15 is 0 Å². The molecule has 0 aliphatic carbocycles. The zero-order valence-electron chi connectivity index (χ0n) is 12.7. The van der Waals surface area contributed by atoms with E-state index in [1.54, 1.807) is 11.0 Å². The largest absolute Gasteiger partial charge is 0.507 e. The third-order valence-electron chi connectivity index (χ3n) is 3.80. The number of carbonyl (C=O) groups is 2. The Balaban J connectivity index is 1.89. The molecular formula is C17H15FN2O4. The number of aromatic nitrogens is 1. The maximum absolute atomic E-state index is 13.4. The van der Waals surface area contributed by atoms with E-state index in [1.165, 1.54) is 30.5 Å². The first-order valence-electron chi connectivity index (χ1n) is 7.43. The minimum atomic E-state index is -0.955. The van der Waals surface area contributed by atoms with Gasteiger partial charge in [0.05, 0.1) is 12.1 Å². The lowest BCUT2D eigenvalue weighted by Crippen LogP contribution is -2.24. The molecule has 1 saturated heterocycles. The van der Waals surface area contributed by atoms with Crippen LogP contribution in [0.4, 0.5) is 10.2 Å². The number of phenols is 1. The minimum Gasteiger partial charge on any atom is -0.507 e. The summed E-state index contributed by atoms with van der Waals surface area (Å²) < 4.78 is 18.7. The second-order valence-corrected chi connectivity index (χ2v) is 5.40. The summed E-state index contributed by atoms with van der Waals surface area (Å²) in [7, 11) is 0. The average molecular weight is 330 g/mol. The Morgan fingerprint density at radius 1 is 1.38 bits per heavy atom. The highest BCUT2D eigenvalue weighted by Crippen LogP contribution is 2.28. The van der Waals surface area contributed by atoms with Crippen LogP contribution in [-0.2, 0) is 0 Å². The number of rotatable bonds is 4. The van der Waals surface area contributed by atoms with Gasteiger partial charge in [-0.2, -0.15) is 0 Å². The summed E-state index contributed by atoms with van der Waals surface area (Å²) in [6, 6.07) is 7.29. The Morgan fingerprint density at radius 3 is 2.92 bits per heavy atom. The summed E-state index contributed by atoms with van der Waals surface area (Å²) in [5, 5.41) is 9.65. The van der Waals surface area contributed by atoms with Crippen LogP contribution in [0.3, 0.4) is 0 Å². The van der Waals surface area contributed by atoms with E-state index < -0.39 is 12.1 Å². The minimum absolute atomic E-state index is 0.0467. The summed E-state index contributed by atoms with van der Waals surface area (Å²) in [6.07, 6.45) is 1.36. The molecule has 2 heterocycles. The lowest BCUT2D eigenvalue weighted by molar-refractivity contribution is 0.0733. The third kappa shape index (κ3) is 3.05. The van der Waals surface area contributed by atoms with Gasteiger partial charge in [-0.3, -0.25) is 4.79 Å². The first-order chi connectivity index (χ1) is 11.6. The molecule has 1 aliphatic rings. The van der Waals surface area contributed by atoms with Crippen molar-refractivity contribution in [2.75, 3.05) is 18.0 Å². The number of benzene rings is 1. The molecule has 0 radical (unpaired) electrons. The number of hydrogen-bond donors (Lipinski definition) is 1. The second kappa shape index (κ2) is 6.66. The molecule has 0 bridgehead atoms. The van der Waals surface area contributed by atoms with Gasteiger partial charge >= 0.3 is 5.97 Å². The van der Waals surface area contributed by atoms with Gasteiger partial charge in [0.1, 0.15) is 29.1 Å². The van der Waals surface area contributed by atoms with Crippen LogP contribution in [0.2, 0.25) is 0 Å². The number of phenolic OH excluding ortho intramolecular Hbond substituents is 1. The summed E-state index contributed by atoms with van der Waals surface area (Å²) in [6.45, 7) is 0.632. The quantitative estimate of drug-likeness (QED) is 0.527. The van der Waals surface area contributed by atoms with Crippen molar-refractivity contribution >= 4 is 18.1 Å². The molecule has 1 fully saturated rings. The normalized spacial score (nSPS) is 16.9. The molecule has 1 atom stereocenters. The fourth-order valence-electron chi connectivity index (χ4n) is 2.61. The Labute approximate surface area is 137 Å². The Morgan fingerprint density at radius 2 is 2.21 bits per heavy atom. The van der Waals surface area contributed by atoms with Gasteiger partial charge in [0.2, 0.25) is 0 Å². The van der Waals surface area contributed by atoms with Crippen molar-refractivity contribution in [3.8, 4) is 11.5 Å². The van der Waals surface area contributed by atoms with E-state index in [1.807, 2.05) is 0 Å². The van der Waals surface area contributed by atoms with Crippen molar-refractivity contribution in [3.63, 3.8) is 0 Å². The monoisotopic (exact) mass is 330 g/mol. The Kier molecular flexibility index (Phi) is 4.41. The smallest absolute Gasteiger partial charge is 0.347 e. The third-order valence-corrected chi connectivity index (χ3v) is 3.80. The molecular weight excluding hydrogens is 315 g/mol. The standard InChI is InChI=1S/C17H15FN2O4/c18-11-6-8-20(9-11)16-12(3-2-7-19-16)17(23)24-15-5-1-4-14(22)13(15)10-21/h1-5,7,10-11,22H,6,8-9H2/t11-/m1/s1. The molecule has 0 unspecified atom stereocenters. The highest BCUT2D eigenvalue weighted by molar-refractivity contribution is 5.97. The predicted molar refractivity (Wildman–Crippen MR) is 84.4 cm³/mol. The van der Waals surface area contributed by atoms with Crippen LogP contribution in [-0.4, -0.2) is 41.6 Å². The Hall–Kier alpha value is -2.96. The molecule has 24 heavy (non-hydrogen) atoms. The Bertz CT molecular complexity index is 781. The van der Waals surface area contributed by atoms with E-state index in [0.717, 1.165) is 0 Å². The number of esters is 1. The van der Waals surface area contributed by atoms with Gasteiger partial charge in [0.25, 0.3) is 0 Å². The molecule has 7 heteroatoms. The molecule has 0 saturated carbocycles. The fourth-order valence-corrected chi connectivity index (χ4v) is 2.61. The number of halogens is 1. The van der Waals surface area contributed by atoms with E-state index in [2.05, 4.69) is 4.98 Å². The molecule has 1 aromatic carbocycles. The van der Waals surface area contributed by atoms with Gasteiger partial charge in [-0.15, -0.1) is 0 Å². The number of hydrogen-bond acceptors (Lipinski definition) is 6. The van der Waals surface area contributed by atoms with Crippen molar-refractivity contribution in [3.05, 3.63) is 47.7 Å². The van der Waals surface area contributed by atoms with Crippen molar-refractivity contribution in [1.29, 1.82) is 0 Å².